The summed E-state index contributed by atoms with van der Waals surface area (Å²) in [7, 11) is 1.44. The number of anilines is 1. The Morgan fingerprint density at radius 2 is 2.06 bits per heavy atom. The van der Waals surface area contributed by atoms with Gasteiger partial charge in [-0.1, -0.05) is 0 Å². The van der Waals surface area contributed by atoms with E-state index in [1.807, 2.05) is 0 Å². The lowest BCUT2D eigenvalue weighted by atomic mass is 10.2. The monoisotopic (exact) mass is 233 g/mol. The summed E-state index contributed by atoms with van der Waals surface area (Å²) < 4.78 is 36.0. The maximum Gasteiger partial charge on any atom is 0.401 e. The van der Waals surface area contributed by atoms with E-state index < -0.39 is 12.7 Å². The summed E-state index contributed by atoms with van der Waals surface area (Å²) in [6.07, 6.45) is -2.17. The van der Waals surface area contributed by atoms with Gasteiger partial charge in [-0.2, -0.15) is 13.2 Å². The maximum atomic E-state index is 12.0. The number of nitrogens with zero attached hydrogens (tertiary/aromatic N) is 2. The van der Waals surface area contributed by atoms with E-state index in [0.29, 0.717) is 18.7 Å². The molecule has 0 amide bonds. The fraction of sp³-hybridized carbons (Fsp3) is 0.500. The number of likely N-dealkylation sites (N-methyl/N-ethyl adjacent to an activating group) is 1. The first kappa shape index (κ1) is 12.8. The molecule has 0 aliphatic carbocycles. The lowest BCUT2D eigenvalue weighted by Gasteiger charge is -2.17. The van der Waals surface area contributed by atoms with Crippen LogP contribution in [0.15, 0.2) is 18.3 Å². The average molecular weight is 233 g/mol. The van der Waals surface area contributed by atoms with Gasteiger partial charge in [-0.05, 0) is 19.2 Å². The van der Waals surface area contributed by atoms with Crippen molar-refractivity contribution in [3.05, 3.63) is 24.0 Å². The van der Waals surface area contributed by atoms with Gasteiger partial charge < -0.3 is 5.73 Å². The van der Waals surface area contributed by atoms with Gasteiger partial charge in [-0.3, -0.25) is 9.88 Å². The van der Waals surface area contributed by atoms with Crippen LogP contribution in [0.4, 0.5) is 18.9 Å². The van der Waals surface area contributed by atoms with Crippen LogP contribution < -0.4 is 5.73 Å². The molecule has 0 spiro atoms. The molecular formula is C10H14F3N3. The molecule has 1 heterocycles. The molecule has 0 unspecified atom stereocenters. The number of rotatable bonds is 4. The predicted octanol–water partition coefficient (Wildman–Crippen LogP) is 1.70. The van der Waals surface area contributed by atoms with E-state index >= 15 is 0 Å². The first-order chi connectivity index (χ1) is 7.37. The minimum absolute atomic E-state index is 0.316. The number of halogens is 3. The number of aromatic nitrogens is 1. The van der Waals surface area contributed by atoms with E-state index in [-0.39, 0.29) is 0 Å². The molecule has 0 aliphatic heterocycles. The van der Waals surface area contributed by atoms with Gasteiger partial charge in [0.2, 0.25) is 0 Å². The first-order valence-corrected chi connectivity index (χ1v) is 4.82. The van der Waals surface area contributed by atoms with Crippen LogP contribution in [0.1, 0.15) is 5.69 Å². The molecule has 0 bridgehead atoms. The number of alkyl halides is 3. The summed E-state index contributed by atoms with van der Waals surface area (Å²) in [4.78, 5) is 5.23. The van der Waals surface area contributed by atoms with Crippen molar-refractivity contribution in [3.8, 4) is 0 Å². The van der Waals surface area contributed by atoms with Crippen molar-refractivity contribution in [2.24, 2.45) is 0 Å². The molecule has 0 atom stereocenters. The zero-order valence-corrected chi connectivity index (χ0v) is 8.96. The Hall–Kier alpha value is -1.30. The topological polar surface area (TPSA) is 42.1 Å². The summed E-state index contributed by atoms with van der Waals surface area (Å²) >= 11 is 0. The molecule has 0 aromatic carbocycles. The summed E-state index contributed by atoms with van der Waals surface area (Å²) in [5.74, 6) is 0. The molecule has 0 radical (unpaired) electrons. The highest BCUT2D eigenvalue weighted by molar-refractivity contribution is 5.34. The molecular weight excluding hydrogens is 219 g/mol. The number of nitrogen functional groups attached to an aromatic ring is 1. The van der Waals surface area contributed by atoms with E-state index in [1.54, 1.807) is 12.1 Å². The third-order valence-electron chi connectivity index (χ3n) is 2.05. The highest BCUT2D eigenvalue weighted by Crippen LogP contribution is 2.15. The van der Waals surface area contributed by atoms with Gasteiger partial charge in [-0.15, -0.1) is 0 Å². The second kappa shape index (κ2) is 5.16. The third kappa shape index (κ3) is 4.97. The van der Waals surface area contributed by atoms with Crippen molar-refractivity contribution in [3.63, 3.8) is 0 Å². The summed E-state index contributed by atoms with van der Waals surface area (Å²) in [5, 5.41) is 0. The molecule has 1 aromatic rings. The van der Waals surface area contributed by atoms with Crippen LogP contribution in [0.5, 0.6) is 0 Å². The summed E-state index contributed by atoms with van der Waals surface area (Å²) in [5.41, 5.74) is 6.73. The molecule has 2 N–H and O–H groups in total. The Balaban J connectivity index is 2.37. The third-order valence-corrected chi connectivity index (χ3v) is 2.05. The number of hydrogen-bond acceptors (Lipinski definition) is 3. The second-order valence-corrected chi connectivity index (χ2v) is 3.69. The van der Waals surface area contributed by atoms with Gasteiger partial charge in [0.1, 0.15) is 0 Å². The minimum atomic E-state index is -4.15. The fourth-order valence-corrected chi connectivity index (χ4v) is 1.27. The zero-order valence-electron chi connectivity index (χ0n) is 8.96. The maximum absolute atomic E-state index is 12.0. The van der Waals surface area contributed by atoms with Gasteiger partial charge >= 0.3 is 6.18 Å². The average Bonchev–Trinajstić information content (AvgIpc) is 2.14. The second-order valence-electron chi connectivity index (χ2n) is 3.69. The summed E-state index contributed by atoms with van der Waals surface area (Å²) in [6.45, 7) is -0.585. The molecule has 3 nitrogen and oxygen atoms in total. The van der Waals surface area contributed by atoms with Crippen LogP contribution >= 0.6 is 0 Å². The SMILES string of the molecule is CN(CCc1ccc(N)cn1)CC(F)(F)F. The van der Waals surface area contributed by atoms with Crippen molar-refractivity contribution >= 4 is 5.69 Å². The van der Waals surface area contributed by atoms with Crippen LogP contribution in [-0.4, -0.2) is 36.2 Å². The van der Waals surface area contributed by atoms with E-state index in [9.17, 15) is 13.2 Å². The normalized spacial score (nSPS) is 12.1. The number of hydrogen-bond donors (Lipinski definition) is 1. The Labute approximate surface area is 92.1 Å². The Kier molecular flexibility index (Phi) is 4.12. The van der Waals surface area contributed by atoms with Gasteiger partial charge in [0, 0.05) is 18.7 Å². The van der Waals surface area contributed by atoms with Crippen LogP contribution in [0.3, 0.4) is 0 Å². The van der Waals surface area contributed by atoms with Crippen LogP contribution in [0.2, 0.25) is 0 Å². The smallest absolute Gasteiger partial charge is 0.397 e. The molecule has 16 heavy (non-hydrogen) atoms. The Morgan fingerprint density at radius 3 is 2.56 bits per heavy atom. The highest BCUT2D eigenvalue weighted by Gasteiger charge is 2.28. The van der Waals surface area contributed by atoms with Crippen molar-refractivity contribution in [2.75, 3.05) is 25.9 Å². The number of nitrogens with two attached hydrogens (primary N) is 1. The molecule has 0 saturated carbocycles. The standard InChI is InChI=1S/C10H14F3N3/c1-16(7-10(11,12)13)5-4-9-3-2-8(14)6-15-9/h2-3,6H,4-5,7,14H2,1H3. The molecule has 1 rings (SSSR count). The molecule has 0 fully saturated rings. The zero-order chi connectivity index (χ0) is 12.2. The van der Waals surface area contributed by atoms with Crippen molar-refractivity contribution < 1.29 is 13.2 Å². The predicted molar refractivity (Wildman–Crippen MR) is 55.9 cm³/mol. The molecule has 0 aliphatic rings. The van der Waals surface area contributed by atoms with E-state index in [1.165, 1.54) is 18.1 Å². The van der Waals surface area contributed by atoms with Crippen molar-refractivity contribution in [2.45, 2.75) is 12.6 Å². The number of pyridine rings is 1. The van der Waals surface area contributed by atoms with Gasteiger partial charge in [-0.25, -0.2) is 0 Å². The minimum Gasteiger partial charge on any atom is -0.397 e. The van der Waals surface area contributed by atoms with E-state index in [2.05, 4.69) is 4.98 Å². The quantitative estimate of drug-likeness (QED) is 0.860. The van der Waals surface area contributed by atoms with Crippen molar-refractivity contribution in [1.29, 1.82) is 0 Å². The molecule has 1 aromatic heterocycles. The molecule has 90 valence electrons. The van der Waals surface area contributed by atoms with E-state index in [0.717, 1.165) is 5.69 Å². The van der Waals surface area contributed by atoms with Crippen LogP contribution in [0, 0.1) is 0 Å². The van der Waals surface area contributed by atoms with Gasteiger partial charge in [0.25, 0.3) is 0 Å². The summed E-state index contributed by atoms with van der Waals surface area (Å²) in [6, 6.07) is 3.41. The highest BCUT2D eigenvalue weighted by atomic mass is 19.4. The van der Waals surface area contributed by atoms with Gasteiger partial charge in [0.05, 0.1) is 18.4 Å². The lowest BCUT2D eigenvalue weighted by Crippen LogP contribution is -2.32. The van der Waals surface area contributed by atoms with Crippen LogP contribution in [-0.2, 0) is 6.42 Å². The van der Waals surface area contributed by atoms with Gasteiger partial charge in [0.15, 0.2) is 0 Å². The fourth-order valence-electron chi connectivity index (χ4n) is 1.27. The Bertz CT molecular complexity index is 321. The van der Waals surface area contributed by atoms with Crippen LogP contribution in [0.25, 0.3) is 0 Å². The largest absolute Gasteiger partial charge is 0.401 e. The lowest BCUT2D eigenvalue weighted by molar-refractivity contribution is -0.142. The Morgan fingerprint density at radius 1 is 1.38 bits per heavy atom. The molecule has 6 heteroatoms. The molecule has 0 saturated heterocycles. The van der Waals surface area contributed by atoms with E-state index in [4.69, 9.17) is 5.73 Å². The first-order valence-electron chi connectivity index (χ1n) is 4.82. The van der Waals surface area contributed by atoms with Crippen molar-refractivity contribution in [1.82, 2.24) is 9.88 Å².